The van der Waals surface area contributed by atoms with Gasteiger partial charge in [0.15, 0.2) is 0 Å². The fourth-order valence-corrected chi connectivity index (χ4v) is 10.8. The molecule has 9 rings (SSSR count). The molecule has 3 aliphatic rings. The number of hydrogen-bond donors (Lipinski definition) is 0. The van der Waals surface area contributed by atoms with Crippen molar-refractivity contribution in [1.82, 2.24) is 0 Å². The second-order valence-corrected chi connectivity index (χ2v) is 20.5. The number of nitrogens with zero attached hydrogens (tertiary/aromatic N) is 1. The van der Waals surface area contributed by atoms with Gasteiger partial charge in [-0.1, -0.05) is 179 Å². The molecule has 1 nitrogen and oxygen atoms in total. The molecule has 0 saturated heterocycles. The highest BCUT2D eigenvalue weighted by atomic mass is 15.1. The molecule has 1 fully saturated rings. The van der Waals surface area contributed by atoms with E-state index in [1.165, 1.54) is 121 Å². The molecule has 6 aromatic carbocycles. The average molecular weight is 748 g/mol. The van der Waals surface area contributed by atoms with Crippen molar-refractivity contribution in [1.29, 1.82) is 0 Å². The van der Waals surface area contributed by atoms with Gasteiger partial charge in [-0.2, -0.15) is 0 Å². The van der Waals surface area contributed by atoms with Crippen molar-refractivity contribution in [3.8, 4) is 33.4 Å². The fraction of sp³-hybridized carbons (Fsp3) is 0.357. The standard InChI is InChI=1S/C56H61N/c1-53(2,3)44-21-16-23-46-51(44)42-32-30-39(34-48(42)55(46,7)8)57(50-25-15-14-20-41(50)38-28-26-37(27-29-38)36-18-12-11-13-19-36)40-31-33-43-49(35-40)56(9,10)47-24-17-22-45(52(43)47)54(4,5)6/h14-17,20-36H,11-13,18-19H2,1-10H3. The van der Waals surface area contributed by atoms with Crippen molar-refractivity contribution in [3.63, 3.8) is 0 Å². The molecule has 0 atom stereocenters. The van der Waals surface area contributed by atoms with Crippen molar-refractivity contribution in [2.24, 2.45) is 0 Å². The molecule has 0 unspecified atom stereocenters. The highest BCUT2D eigenvalue weighted by molar-refractivity contribution is 5.93. The van der Waals surface area contributed by atoms with E-state index in [0.29, 0.717) is 5.92 Å². The van der Waals surface area contributed by atoms with Crippen LogP contribution < -0.4 is 4.90 Å². The molecule has 0 aromatic heterocycles. The summed E-state index contributed by atoms with van der Waals surface area (Å²) in [5, 5.41) is 0. The van der Waals surface area contributed by atoms with Gasteiger partial charge in [-0.25, -0.2) is 0 Å². The van der Waals surface area contributed by atoms with Gasteiger partial charge in [0.1, 0.15) is 0 Å². The number of benzene rings is 6. The average Bonchev–Trinajstić information content (AvgIpc) is 3.57. The molecule has 0 heterocycles. The van der Waals surface area contributed by atoms with Crippen LogP contribution in [0.1, 0.15) is 146 Å². The summed E-state index contributed by atoms with van der Waals surface area (Å²) >= 11 is 0. The van der Waals surface area contributed by atoms with E-state index in [0.717, 1.165) is 0 Å². The molecule has 1 heteroatoms. The molecule has 57 heavy (non-hydrogen) atoms. The van der Waals surface area contributed by atoms with Gasteiger partial charge < -0.3 is 4.90 Å². The van der Waals surface area contributed by atoms with E-state index in [9.17, 15) is 0 Å². The molecular formula is C56H61N. The van der Waals surface area contributed by atoms with E-state index >= 15 is 0 Å². The van der Waals surface area contributed by atoms with Crippen LogP contribution >= 0.6 is 0 Å². The fourth-order valence-electron chi connectivity index (χ4n) is 10.8. The number of rotatable bonds is 5. The highest BCUT2D eigenvalue weighted by Gasteiger charge is 2.41. The van der Waals surface area contributed by atoms with Crippen molar-refractivity contribution in [3.05, 3.63) is 160 Å². The Kier molecular flexibility index (Phi) is 8.82. The third-order valence-electron chi connectivity index (χ3n) is 13.9. The van der Waals surface area contributed by atoms with Crippen molar-refractivity contribution in [2.75, 3.05) is 4.90 Å². The second kappa shape index (κ2) is 13.3. The van der Waals surface area contributed by atoms with Crippen LogP contribution in [-0.4, -0.2) is 0 Å². The smallest absolute Gasteiger partial charge is 0.0540 e. The number of fused-ring (bicyclic) bond motifs is 6. The summed E-state index contributed by atoms with van der Waals surface area (Å²) in [6.07, 6.45) is 6.71. The first-order valence-corrected chi connectivity index (χ1v) is 21.6. The maximum Gasteiger partial charge on any atom is 0.0540 e. The Morgan fingerprint density at radius 3 is 1.46 bits per heavy atom. The summed E-state index contributed by atoms with van der Waals surface area (Å²) < 4.78 is 0. The molecule has 1 saturated carbocycles. The first-order chi connectivity index (χ1) is 27.1. The van der Waals surface area contributed by atoms with Gasteiger partial charge >= 0.3 is 0 Å². The first kappa shape index (κ1) is 37.7. The van der Waals surface area contributed by atoms with E-state index in [1.54, 1.807) is 0 Å². The Morgan fingerprint density at radius 1 is 0.474 bits per heavy atom. The summed E-state index contributed by atoms with van der Waals surface area (Å²) in [6, 6.07) is 47.3. The summed E-state index contributed by atoms with van der Waals surface area (Å²) in [4.78, 5) is 2.55. The lowest BCUT2D eigenvalue weighted by molar-refractivity contribution is 0.443. The van der Waals surface area contributed by atoms with Crippen LogP contribution in [0, 0.1) is 0 Å². The predicted molar refractivity (Wildman–Crippen MR) is 245 cm³/mol. The minimum absolute atomic E-state index is 0.0425. The van der Waals surface area contributed by atoms with E-state index in [-0.39, 0.29) is 21.7 Å². The number of anilines is 3. The van der Waals surface area contributed by atoms with E-state index in [4.69, 9.17) is 0 Å². The van der Waals surface area contributed by atoms with Gasteiger partial charge in [-0.3, -0.25) is 0 Å². The van der Waals surface area contributed by atoms with Crippen molar-refractivity contribution in [2.45, 2.75) is 129 Å². The van der Waals surface area contributed by atoms with Crippen LogP contribution in [0.15, 0.2) is 121 Å². The quantitative estimate of drug-likeness (QED) is 0.170. The number of hydrogen-bond acceptors (Lipinski definition) is 1. The van der Waals surface area contributed by atoms with E-state index in [1.807, 2.05) is 0 Å². The monoisotopic (exact) mass is 747 g/mol. The maximum absolute atomic E-state index is 2.55. The molecular weight excluding hydrogens is 687 g/mol. The molecule has 0 radical (unpaired) electrons. The van der Waals surface area contributed by atoms with Crippen LogP contribution in [0.4, 0.5) is 17.1 Å². The molecule has 290 valence electrons. The van der Waals surface area contributed by atoms with Gasteiger partial charge in [-0.15, -0.1) is 0 Å². The van der Waals surface area contributed by atoms with Gasteiger partial charge in [0, 0.05) is 27.8 Å². The van der Waals surface area contributed by atoms with Crippen molar-refractivity contribution < 1.29 is 0 Å². The minimum Gasteiger partial charge on any atom is -0.310 e. The lowest BCUT2D eigenvalue weighted by Gasteiger charge is -2.31. The zero-order chi connectivity index (χ0) is 40.1. The second-order valence-electron chi connectivity index (χ2n) is 20.5. The normalized spacial score (nSPS) is 16.8. The van der Waals surface area contributed by atoms with Crippen LogP contribution in [-0.2, 0) is 21.7 Å². The molecule has 0 amide bonds. The Hall–Kier alpha value is -4.88. The van der Waals surface area contributed by atoms with Crippen LogP contribution in [0.25, 0.3) is 33.4 Å². The predicted octanol–water partition coefficient (Wildman–Crippen LogP) is 16.1. The van der Waals surface area contributed by atoms with E-state index in [2.05, 4.69) is 195 Å². The Balaban J connectivity index is 1.24. The Morgan fingerprint density at radius 2 is 0.965 bits per heavy atom. The summed E-state index contributed by atoms with van der Waals surface area (Å²) in [7, 11) is 0. The third-order valence-corrected chi connectivity index (χ3v) is 13.9. The van der Waals surface area contributed by atoms with Gasteiger partial charge in [-0.05, 0) is 127 Å². The lowest BCUT2D eigenvalue weighted by Crippen LogP contribution is -2.18. The largest absolute Gasteiger partial charge is 0.310 e. The van der Waals surface area contributed by atoms with Crippen molar-refractivity contribution >= 4 is 17.1 Å². The van der Waals surface area contributed by atoms with Crippen LogP contribution in [0.3, 0.4) is 0 Å². The zero-order valence-electron chi connectivity index (χ0n) is 36.1. The highest BCUT2D eigenvalue weighted by Crippen LogP contribution is 2.56. The maximum atomic E-state index is 2.55. The third kappa shape index (κ3) is 6.11. The summed E-state index contributed by atoms with van der Waals surface area (Å²) in [5.74, 6) is 0.690. The summed E-state index contributed by atoms with van der Waals surface area (Å²) in [6.45, 7) is 23.8. The van der Waals surface area contributed by atoms with Crippen LogP contribution in [0.5, 0.6) is 0 Å². The molecule has 0 N–H and O–H groups in total. The lowest BCUT2D eigenvalue weighted by atomic mass is 9.79. The molecule has 3 aliphatic carbocycles. The van der Waals surface area contributed by atoms with E-state index < -0.39 is 0 Å². The molecule has 0 spiro atoms. The minimum atomic E-state index is -0.132. The van der Waals surface area contributed by atoms with Gasteiger partial charge in [0.25, 0.3) is 0 Å². The van der Waals surface area contributed by atoms with Crippen LogP contribution in [0.2, 0.25) is 0 Å². The van der Waals surface area contributed by atoms with Gasteiger partial charge in [0.05, 0.1) is 5.69 Å². The first-order valence-electron chi connectivity index (χ1n) is 21.6. The summed E-state index contributed by atoms with van der Waals surface area (Å²) in [5.41, 5.74) is 21.5. The zero-order valence-corrected chi connectivity index (χ0v) is 36.1. The van der Waals surface area contributed by atoms with Gasteiger partial charge in [0.2, 0.25) is 0 Å². The topological polar surface area (TPSA) is 3.24 Å². The Labute approximate surface area is 343 Å². The SMILES string of the molecule is CC(C)(C)c1cccc2c1-c1ccc(N(c3ccc4c(c3)C(C)(C)c3cccc(C(C)(C)C)c3-4)c3ccccc3-c3ccc(C4CCCCC4)cc3)cc1C2(C)C. The number of para-hydroxylation sites is 1. The Bertz CT molecular complexity index is 2380. The molecule has 0 aliphatic heterocycles. The molecule has 6 aromatic rings. The molecule has 0 bridgehead atoms.